The van der Waals surface area contributed by atoms with Crippen LogP contribution in [-0.2, 0) is 9.47 Å². The number of rotatable bonds is 5. The van der Waals surface area contributed by atoms with E-state index in [9.17, 15) is 0 Å². The van der Waals surface area contributed by atoms with E-state index in [4.69, 9.17) is 14.7 Å². The second kappa shape index (κ2) is 5.97. The summed E-state index contributed by atoms with van der Waals surface area (Å²) >= 11 is 0. The van der Waals surface area contributed by atoms with E-state index >= 15 is 0 Å². The van der Waals surface area contributed by atoms with Crippen molar-refractivity contribution in [2.45, 2.75) is 6.92 Å². The molecule has 1 heterocycles. The molecule has 1 saturated heterocycles. The van der Waals surface area contributed by atoms with Crippen LogP contribution in [0.25, 0.3) is 0 Å². The number of hydrogen-bond acceptors (Lipinski definition) is 3. The summed E-state index contributed by atoms with van der Waals surface area (Å²) in [5.74, 6) is 0. The van der Waals surface area contributed by atoms with Crippen LogP contribution >= 0.6 is 0 Å². The zero-order valence-electron chi connectivity index (χ0n) is 8.87. The third-order valence-corrected chi connectivity index (χ3v) is 2.74. The van der Waals surface area contributed by atoms with Crippen LogP contribution in [0.2, 0.25) is 0 Å². The van der Waals surface area contributed by atoms with Crippen molar-refractivity contribution < 1.29 is 14.0 Å². The van der Waals surface area contributed by atoms with Gasteiger partial charge in [0.1, 0.15) is 25.7 Å². The Morgan fingerprint density at radius 2 is 2.14 bits per heavy atom. The maximum absolute atomic E-state index is 8.79. The predicted molar refractivity (Wildman–Crippen MR) is 52.7 cm³/mol. The molecule has 1 rings (SSSR count). The molecule has 1 aliphatic heterocycles. The van der Waals surface area contributed by atoms with Gasteiger partial charge in [0.2, 0.25) is 0 Å². The molecule has 4 heteroatoms. The normalized spacial score (nSPS) is 20.3. The van der Waals surface area contributed by atoms with E-state index in [1.165, 1.54) is 0 Å². The van der Waals surface area contributed by atoms with Crippen LogP contribution in [0.3, 0.4) is 0 Å². The first-order chi connectivity index (χ1) is 6.83. The third-order valence-electron chi connectivity index (χ3n) is 2.74. The van der Waals surface area contributed by atoms with Crippen LogP contribution in [0, 0.1) is 11.3 Å². The second-order valence-corrected chi connectivity index (χ2v) is 3.64. The molecule has 0 radical (unpaired) electrons. The molecule has 0 aromatic heterocycles. The summed E-state index contributed by atoms with van der Waals surface area (Å²) in [4.78, 5) is 0. The minimum atomic E-state index is 0.580. The Kier molecular flexibility index (Phi) is 4.88. The molecule has 0 atom stereocenters. The van der Waals surface area contributed by atoms with Gasteiger partial charge in [-0.1, -0.05) is 0 Å². The molecular weight excluding hydrogens is 180 g/mol. The van der Waals surface area contributed by atoms with Gasteiger partial charge in [-0.2, -0.15) is 5.26 Å². The Morgan fingerprint density at radius 1 is 1.43 bits per heavy atom. The number of ether oxygens (including phenoxy) is 2. The molecule has 0 saturated carbocycles. The lowest BCUT2D eigenvalue weighted by molar-refractivity contribution is -0.929. The Morgan fingerprint density at radius 3 is 2.71 bits per heavy atom. The molecule has 80 valence electrons. The van der Waals surface area contributed by atoms with Crippen molar-refractivity contribution in [2.24, 2.45) is 0 Å². The van der Waals surface area contributed by atoms with Gasteiger partial charge < -0.3 is 14.0 Å². The molecule has 0 spiro atoms. The third kappa shape index (κ3) is 3.26. The molecule has 0 unspecified atom stereocenters. The van der Waals surface area contributed by atoms with Gasteiger partial charge in [0.05, 0.1) is 19.8 Å². The second-order valence-electron chi connectivity index (χ2n) is 3.64. The fourth-order valence-electron chi connectivity index (χ4n) is 1.74. The van der Waals surface area contributed by atoms with E-state index < -0.39 is 0 Å². The molecule has 1 fully saturated rings. The van der Waals surface area contributed by atoms with Crippen molar-refractivity contribution in [1.29, 1.82) is 5.26 Å². The van der Waals surface area contributed by atoms with Crippen molar-refractivity contribution in [3.05, 3.63) is 0 Å². The standard InChI is InChI=1S/C10H19N2O2/c1-2-13-8-5-12(4-3-11)6-9-14-10-7-12/h2,4-10H2,1H3/q+1. The molecule has 0 aromatic rings. The highest BCUT2D eigenvalue weighted by Gasteiger charge is 2.29. The summed E-state index contributed by atoms with van der Waals surface area (Å²) in [5, 5.41) is 8.79. The Balaban J connectivity index is 2.39. The zero-order valence-corrected chi connectivity index (χ0v) is 8.87. The number of nitrogens with zero attached hydrogens (tertiary/aromatic N) is 2. The fourth-order valence-corrected chi connectivity index (χ4v) is 1.74. The Bertz CT molecular complexity index is 195. The van der Waals surface area contributed by atoms with Crippen molar-refractivity contribution in [3.63, 3.8) is 0 Å². The lowest BCUT2D eigenvalue weighted by atomic mass is 10.3. The van der Waals surface area contributed by atoms with Gasteiger partial charge in [-0.3, -0.25) is 0 Å². The average molecular weight is 199 g/mol. The topological polar surface area (TPSA) is 42.2 Å². The summed E-state index contributed by atoms with van der Waals surface area (Å²) in [6.45, 7) is 8.44. The summed E-state index contributed by atoms with van der Waals surface area (Å²) in [6.07, 6.45) is 0. The number of morpholine rings is 1. The fraction of sp³-hybridized carbons (Fsp3) is 0.900. The number of quaternary nitrogens is 1. The maximum atomic E-state index is 8.79. The van der Waals surface area contributed by atoms with E-state index in [1.54, 1.807) is 0 Å². The smallest absolute Gasteiger partial charge is 0.166 e. The molecule has 0 aliphatic carbocycles. The average Bonchev–Trinajstić information content (AvgIpc) is 2.20. The molecule has 0 N–H and O–H groups in total. The lowest BCUT2D eigenvalue weighted by Crippen LogP contribution is -2.56. The minimum absolute atomic E-state index is 0.580. The van der Waals surface area contributed by atoms with E-state index in [0.717, 1.165) is 50.5 Å². The number of hydrogen-bond donors (Lipinski definition) is 0. The van der Waals surface area contributed by atoms with Gasteiger partial charge in [0, 0.05) is 6.61 Å². The molecular formula is C10H19N2O2+. The minimum Gasteiger partial charge on any atom is -0.376 e. The van der Waals surface area contributed by atoms with E-state index in [2.05, 4.69) is 6.07 Å². The monoisotopic (exact) mass is 199 g/mol. The first kappa shape index (κ1) is 11.4. The van der Waals surface area contributed by atoms with Gasteiger partial charge >= 0.3 is 0 Å². The maximum Gasteiger partial charge on any atom is 0.166 e. The molecule has 0 bridgehead atoms. The van der Waals surface area contributed by atoms with Crippen LogP contribution in [0.5, 0.6) is 0 Å². The first-order valence-corrected chi connectivity index (χ1v) is 5.20. The molecule has 14 heavy (non-hydrogen) atoms. The summed E-state index contributed by atoms with van der Waals surface area (Å²) < 4.78 is 11.5. The highest BCUT2D eigenvalue weighted by molar-refractivity contribution is 4.70. The summed E-state index contributed by atoms with van der Waals surface area (Å²) in [7, 11) is 0. The highest BCUT2D eigenvalue weighted by atomic mass is 16.5. The SMILES string of the molecule is CCOCC[N+]1(CC#N)CCOCC1. The largest absolute Gasteiger partial charge is 0.376 e. The van der Waals surface area contributed by atoms with Gasteiger partial charge in [-0.25, -0.2) is 0 Å². The highest BCUT2D eigenvalue weighted by Crippen LogP contribution is 2.10. The van der Waals surface area contributed by atoms with Crippen molar-refractivity contribution >= 4 is 0 Å². The van der Waals surface area contributed by atoms with Gasteiger partial charge in [-0.05, 0) is 6.92 Å². The van der Waals surface area contributed by atoms with Crippen molar-refractivity contribution in [1.82, 2.24) is 0 Å². The van der Waals surface area contributed by atoms with Crippen LogP contribution < -0.4 is 0 Å². The first-order valence-electron chi connectivity index (χ1n) is 5.20. The predicted octanol–water partition coefficient (Wildman–Crippen LogP) is 0.393. The Labute approximate surface area is 85.6 Å². The van der Waals surface area contributed by atoms with E-state index in [-0.39, 0.29) is 0 Å². The molecule has 1 aliphatic rings. The molecule has 4 nitrogen and oxygen atoms in total. The van der Waals surface area contributed by atoms with Crippen molar-refractivity contribution in [3.8, 4) is 6.07 Å². The van der Waals surface area contributed by atoms with Crippen LogP contribution in [0.1, 0.15) is 6.92 Å². The number of nitriles is 1. The van der Waals surface area contributed by atoms with Crippen molar-refractivity contribution in [2.75, 3.05) is 52.6 Å². The quantitative estimate of drug-likeness (QED) is 0.365. The van der Waals surface area contributed by atoms with Crippen LogP contribution in [0.4, 0.5) is 0 Å². The van der Waals surface area contributed by atoms with Crippen LogP contribution in [0.15, 0.2) is 0 Å². The lowest BCUT2D eigenvalue weighted by Gasteiger charge is -2.39. The van der Waals surface area contributed by atoms with Gasteiger partial charge in [0.25, 0.3) is 0 Å². The van der Waals surface area contributed by atoms with Crippen LogP contribution in [-0.4, -0.2) is 57.1 Å². The van der Waals surface area contributed by atoms with E-state index in [0.29, 0.717) is 6.54 Å². The summed E-state index contributed by atoms with van der Waals surface area (Å²) in [5.41, 5.74) is 0. The zero-order chi connectivity index (χ0) is 10.3. The summed E-state index contributed by atoms with van der Waals surface area (Å²) in [6, 6.07) is 2.27. The molecule has 0 aromatic carbocycles. The Hall–Kier alpha value is -0.630. The molecule has 0 amide bonds. The van der Waals surface area contributed by atoms with Gasteiger partial charge in [-0.15, -0.1) is 0 Å². The van der Waals surface area contributed by atoms with E-state index in [1.807, 2.05) is 6.92 Å². The van der Waals surface area contributed by atoms with Gasteiger partial charge in [0.15, 0.2) is 6.54 Å².